The third-order valence-electron chi connectivity index (χ3n) is 10.3. The van der Waals surface area contributed by atoms with Gasteiger partial charge in [0.2, 0.25) is 0 Å². The van der Waals surface area contributed by atoms with E-state index < -0.39 is 0 Å². The Hall–Kier alpha value is -7.36. The number of hydrogen-bond acceptors (Lipinski definition) is 3. The summed E-state index contributed by atoms with van der Waals surface area (Å²) in [5, 5.41) is 0.970. The molecule has 0 aliphatic heterocycles. The zero-order valence-corrected chi connectivity index (χ0v) is 29.9. The number of hydrogen-bond donors (Lipinski definition) is 0. The number of benzene rings is 8. The van der Waals surface area contributed by atoms with Gasteiger partial charge in [0.05, 0.1) is 0 Å². The monoisotopic (exact) mass is 702 g/mol. The lowest BCUT2D eigenvalue weighted by Gasteiger charge is -2.13. The maximum Gasteiger partial charge on any atom is 0.180 e. The fraction of sp³-hybridized carbons (Fsp3) is 0. The van der Waals surface area contributed by atoms with Crippen LogP contribution in [-0.4, -0.2) is 9.97 Å². The summed E-state index contributed by atoms with van der Waals surface area (Å²) in [7, 11) is 0. The van der Waals surface area contributed by atoms with Crippen molar-refractivity contribution in [2.75, 3.05) is 0 Å². The van der Waals surface area contributed by atoms with Crippen molar-refractivity contribution in [1.82, 2.24) is 9.97 Å². The molecule has 0 radical (unpaired) electrons. The Morgan fingerprint density at radius 3 is 1.27 bits per heavy atom. The van der Waals surface area contributed by atoms with Crippen molar-refractivity contribution in [2.24, 2.45) is 0 Å². The number of furan rings is 1. The highest BCUT2D eigenvalue weighted by molar-refractivity contribution is 6.07. The van der Waals surface area contributed by atoms with E-state index in [9.17, 15) is 0 Å². The van der Waals surface area contributed by atoms with Crippen molar-refractivity contribution >= 4 is 22.1 Å². The number of fused-ring (bicyclic) bond motifs is 3. The Bertz CT molecular complexity index is 2910. The molecule has 0 fully saturated rings. The first-order valence-corrected chi connectivity index (χ1v) is 18.6. The van der Waals surface area contributed by atoms with E-state index in [1.165, 1.54) is 27.8 Å². The van der Waals surface area contributed by atoms with Crippen LogP contribution in [0.4, 0.5) is 0 Å². The largest absolute Gasteiger partial charge is 0.452 e. The van der Waals surface area contributed by atoms with Crippen molar-refractivity contribution < 1.29 is 4.42 Å². The van der Waals surface area contributed by atoms with Crippen LogP contribution in [0.25, 0.3) is 100 Å². The molecule has 0 amide bonds. The van der Waals surface area contributed by atoms with Crippen molar-refractivity contribution in [3.63, 3.8) is 0 Å². The average Bonchev–Trinajstić information content (AvgIpc) is 3.66. The third-order valence-corrected chi connectivity index (χ3v) is 10.3. The van der Waals surface area contributed by atoms with Crippen molar-refractivity contribution in [2.45, 2.75) is 0 Å². The maximum atomic E-state index is 6.51. The van der Waals surface area contributed by atoms with Gasteiger partial charge >= 0.3 is 0 Å². The molecule has 0 aliphatic rings. The van der Waals surface area contributed by atoms with Crippen LogP contribution in [0, 0.1) is 0 Å². The second kappa shape index (κ2) is 13.9. The molecule has 3 nitrogen and oxygen atoms in total. The fourth-order valence-corrected chi connectivity index (χ4v) is 7.50. The maximum absolute atomic E-state index is 6.51. The van der Waals surface area contributed by atoms with Gasteiger partial charge in [0.1, 0.15) is 16.8 Å². The molecule has 3 heteroatoms. The van der Waals surface area contributed by atoms with Gasteiger partial charge < -0.3 is 4.42 Å². The molecule has 10 rings (SSSR count). The second-order valence-corrected chi connectivity index (χ2v) is 13.8. The van der Waals surface area contributed by atoms with Gasteiger partial charge in [0.25, 0.3) is 0 Å². The fourth-order valence-electron chi connectivity index (χ4n) is 7.50. The van der Waals surface area contributed by atoms with Crippen LogP contribution in [0.15, 0.2) is 211 Å². The molecule has 0 unspecified atom stereocenters. The quantitative estimate of drug-likeness (QED) is 0.166. The molecule has 55 heavy (non-hydrogen) atoms. The highest BCUT2D eigenvalue weighted by Gasteiger charge is 2.19. The lowest BCUT2D eigenvalue weighted by Crippen LogP contribution is -1.94. The van der Waals surface area contributed by atoms with Crippen LogP contribution in [0.2, 0.25) is 0 Å². The van der Waals surface area contributed by atoms with E-state index in [1.54, 1.807) is 0 Å². The Morgan fingerprint density at radius 1 is 0.291 bits per heavy atom. The van der Waals surface area contributed by atoms with Crippen LogP contribution < -0.4 is 0 Å². The Morgan fingerprint density at radius 2 is 0.673 bits per heavy atom. The van der Waals surface area contributed by atoms with Gasteiger partial charge in [0, 0.05) is 16.5 Å². The minimum atomic E-state index is 0.659. The minimum absolute atomic E-state index is 0.659. The van der Waals surface area contributed by atoms with Crippen LogP contribution in [0.1, 0.15) is 0 Å². The smallest absolute Gasteiger partial charge is 0.180 e. The molecule has 0 atom stereocenters. The summed E-state index contributed by atoms with van der Waals surface area (Å²) in [6.45, 7) is 0. The summed E-state index contributed by atoms with van der Waals surface area (Å²) in [6, 6.07) is 72.5. The lowest BCUT2D eigenvalue weighted by atomic mass is 9.92. The molecule has 0 saturated heterocycles. The molecule has 0 aliphatic carbocycles. The van der Waals surface area contributed by atoms with Gasteiger partial charge in [0.15, 0.2) is 11.4 Å². The molecule has 0 bridgehead atoms. The van der Waals surface area contributed by atoms with Crippen LogP contribution in [0.3, 0.4) is 0 Å². The molecular formula is C52H34N2O. The molecule has 10 aromatic rings. The molecule has 0 N–H and O–H groups in total. The van der Waals surface area contributed by atoms with Crippen LogP contribution in [-0.2, 0) is 0 Å². The zero-order chi connectivity index (χ0) is 36.6. The number of aromatic nitrogens is 2. The number of para-hydroxylation sites is 1. The summed E-state index contributed by atoms with van der Waals surface area (Å²) >= 11 is 0. The number of nitrogens with zero attached hydrogens (tertiary/aromatic N) is 2. The predicted octanol–water partition coefficient (Wildman–Crippen LogP) is 14.0. The van der Waals surface area contributed by atoms with E-state index in [-0.39, 0.29) is 0 Å². The lowest BCUT2D eigenvalue weighted by molar-refractivity contribution is 0.667. The average molecular weight is 703 g/mol. The molecule has 8 aromatic carbocycles. The molecule has 2 aromatic heterocycles. The summed E-state index contributed by atoms with van der Waals surface area (Å²) in [5.41, 5.74) is 16.5. The normalized spacial score (nSPS) is 11.3. The molecule has 258 valence electrons. The topological polar surface area (TPSA) is 38.9 Å². The van der Waals surface area contributed by atoms with Crippen molar-refractivity contribution in [3.8, 4) is 78.3 Å². The first-order chi connectivity index (χ1) is 27.2. The molecule has 0 saturated carbocycles. The van der Waals surface area contributed by atoms with Gasteiger partial charge in [-0.05, 0) is 104 Å². The second-order valence-electron chi connectivity index (χ2n) is 13.8. The summed E-state index contributed by atoms with van der Waals surface area (Å²) in [4.78, 5) is 10.4. The summed E-state index contributed by atoms with van der Waals surface area (Å²) < 4.78 is 6.51. The Labute approximate surface area is 319 Å². The van der Waals surface area contributed by atoms with Gasteiger partial charge in [-0.1, -0.05) is 158 Å². The van der Waals surface area contributed by atoms with Gasteiger partial charge in [-0.3, -0.25) is 0 Å². The first-order valence-electron chi connectivity index (χ1n) is 18.6. The predicted molar refractivity (Wildman–Crippen MR) is 227 cm³/mol. The van der Waals surface area contributed by atoms with Gasteiger partial charge in [-0.25, -0.2) is 9.97 Å². The van der Waals surface area contributed by atoms with E-state index in [4.69, 9.17) is 14.4 Å². The van der Waals surface area contributed by atoms with Crippen LogP contribution >= 0.6 is 0 Å². The SMILES string of the molecule is c1ccc(-c2cc(-c3ccccc3)cc(-c3cccc(-c4cccc(-c5nc(-c6cccc(-c7ccccc7)c6)nc6c5oc5ccccc56)c4)c3)c2)cc1. The van der Waals surface area contributed by atoms with E-state index in [1.807, 2.05) is 24.3 Å². The molecule has 0 spiro atoms. The van der Waals surface area contributed by atoms with Gasteiger partial charge in [-0.15, -0.1) is 0 Å². The van der Waals surface area contributed by atoms with E-state index >= 15 is 0 Å². The molecule has 2 heterocycles. The van der Waals surface area contributed by atoms with Gasteiger partial charge in [-0.2, -0.15) is 0 Å². The Kier molecular flexibility index (Phi) is 8.16. The standard InChI is InChI=1S/C52H34N2O/c1-4-15-35(16-5-1)38-21-14-26-43(31-38)52-53-49(51-50(54-52)47-27-10-11-28-48(47)55-51)42-25-13-23-40(30-42)39-22-12-24-41(29-39)46-33-44(36-17-6-2-7-18-36)32-45(34-46)37-19-8-3-9-20-37/h1-34H. The third kappa shape index (κ3) is 6.28. The Balaban J connectivity index is 1.09. The minimum Gasteiger partial charge on any atom is -0.452 e. The van der Waals surface area contributed by atoms with Crippen molar-refractivity contribution in [1.29, 1.82) is 0 Å². The number of rotatable bonds is 7. The van der Waals surface area contributed by atoms with E-state index in [2.05, 4.69) is 182 Å². The first kappa shape index (κ1) is 32.3. The van der Waals surface area contributed by atoms with E-state index in [0.29, 0.717) is 11.4 Å². The van der Waals surface area contributed by atoms with Crippen molar-refractivity contribution in [3.05, 3.63) is 206 Å². The zero-order valence-electron chi connectivity index (χ0n) is 29.9. The summed E-state index contributed by atoms with van der Waals surface area (Å²) in [5.74, 6) is 0.659. The highest BCUT2D eigenvalue weighted by Crippen LogP contribution is 2.39. The van der Waals surface area contributed by atoms with E-state index in [0.717, 1.165) is 61.1 Å². The molecular weight excluding hydrogens is 669 g/mol. The highest BCUT2D eigenvalue weighted by atomic mass is 16.3. The van der Waals surface area contributed by atoms with Crippen LogP contribution in [0.5, 0.6) is 0 Å². The summed E-state index contributed by atoms with van der Waals surface area (Å²) in [6.07, 6.45) is 0.